The van der Waals surface area contributed by atoms with Gasteiger partial charge in [0.2, 0.25) is 0 Å². The van der Waals surface area contributed by atoms with Crippen molar-refractivity contribution in [3.05, 3.63) is 35.4 Å². The summed E-state index contributed by atoms with van der Waals surface area (Å²) in [5, 5.41) is 0. The highest BCUT2D eigenvalue weighted by Gasteiger charge is 1.98. The van der Waals surface area contributed by atoms with Crippen molar-refractivity contribution < 1.29 is 4.79 Å². The Hall–Kier alpha value is -1.44. The molecule has 0 aliphatic heterocycles. The molecule has 0 saturated heterocycles. The number of carbonyl (C=O) groups excluding carboxylic acids is 1. The maximum Gasteiger partial charge on any atom is 0.135 e. The predicted octanol–water partition coefficient (Wildman–Crippen LogP) is 2.94. The minimum atomic E-state index is 0.168. The first-order chi connectivity index (χ1) is 7.09. The second-order valence-corrected chi connectivity index (χ2v) is 3.86. The molecule has 80 valence electrons. The average Bonchev–Trinajstić information content (AvgIpc) is 2.15. The summed E-state index contributed by atoms with van der Waals surface area (Å²) >= 11 is 0. The second-order valence-electron chi connectivity index (χ2n) is 3.86. The molecule has 0 amide bonds. The fourth-order valence-corrected chi connectivity index (χ4v) is 1.42. The zero-order valence-electron chi connectivity index (χ0n) is 9.58. The Morgan fingerprint density at radius 1 is 1.27 bits per heavy atom. The Balaban J connectivity index is 2.64. The number of hydrogen-bond acceptors (Lipinski definition) is 2. The highest BCUT2D eigenvalue weighted by Crippen LogP contribution is 2.08. The Bertz CT molecular complexity index is 380. The van der Waals surface area contributed by atoms with Crippen LogP contribution in [0.5, 0.6) is 0 Å². The Kier molecular flexibility index (Phi) is 4.22. The molecule has 0 N–H and O–H groups in total. The SMILES string of the molecule is CC(=O)CC(C)=NCc1ccccc1C. The first kappa shape index (κ1) is 11.6. The van der Waals surface area contributed by atoms with E-state index in [0.717, 1.165) is 5.71 Å². The van der Waals surface area contributed by atoms with Gasteiger partial charge in [0.15, 0.2) is 0 Å². The van der Waals surface area contributed by atoms with Crippen molar-refractivity contribution in [2.75, 3.05) is 0 Å². The van der Waals surface area contributed by atoms with Crippen LogP contribution in [0.15, 0.2) is 29.3 Å². The first-order valence-electron chi connectivity index (χ1n) is 5.13. The molecule has 0 fully saturated rings. The minimum absolute atomic E-state index is 0.168. The summed E-state index contributed by atoms with van der Waals surface area (Å²) in [5.74, 6) is 0.168. The van der Waals surface area contributed by atoms with E-state index >= 15 is 0 Å². The number of nitrogens with zero attached hydrogens (tertiary/aromatic N) is 1. The van der Waals surface area contributed by atoms with Gasteiger partial charge in [-0.2, -0.15) is 0 Å². The van der Waals surface area contributed by atoms with Crippen molar-refractivity contribution in [2.24, 2.45) is 4.99 Å². The second kappa shape index (κ2) is 5.44. The van der Waals surface area contributed by atoms with E-state index in [1.807, 2.05) is 19.1 Å². The Morgan fingerprint density at radius 3 is 2.53 bits per heavy atom. The Labute approximate surface area is 91.0 Å². The van der Waals surface area contributed by atoms with E-state index in [1.165, 1.54) is 11.1 Å². The number of ketones is 1. The molecule has 0 aliphatic rings. The molecule has 1 aromatic carbocycles. The molecule has 0 radical (unpaired) electrons. The predicted molar refractivity (Wildman–Crippen MR) is 63.3 cm³/mol. The first-order valence-corrected chi connectivity index (χ1v) is 5.13. The van der Waals surface area contributed by atoms with E-state index < -0.39 is 0 Å². The molecule has 0 aromatic heterocycles. The van der Waals surface area contributed by atoms with E-state index in [4.69, 9.17) is 0 Å². The van der Waals surface area contributed by atoms with Crippen molar-refractivity contribution in [1.29, 1.82) is 0 Å². The van der Waals surface area contributed by atoms with Gasteiger partial charge in [-0.3, -0.25) is 9.79 Å². The number of hydrogen-bond donors (Lipinski definition) is 0. The normalized spacial score (nSPS) is 11.5. The molecule has 0 unspecified atom stereocenters. The van der Waals surface area contributed by atoms with Gasteiger partial charge in [0.25, 0.3) is 0 Å². The molecular formula is C13H17NO. The number of carbonyl (C=O) groups is 1. The van der Waals surface area contributed by atoms with Gasteiger partial charge in [-0.15, -0.1) is 0 Å². The highest BCUT2D eigenvalue weighted by atomic mass is 16.1. The lowest BCUT2D eigenvalue weighted by atomic mass is 10.1. The van der Waals surface area contributed by atoms with Crippen LogP contribution in [0.2, 0.25) is 0 Å². The van der Waals surface area contributed by atoms with E-state index in [-0.39, 0.29) is 5.78 Å². The molecule has 0 spiro atoms. The number of aliphatic imine (C=N–C) groups is 1. The molecule has 0 heterocycles. The minimum Gasteiger partial charge on any atom is -0.300 e. The van der Waals surface area contributed by atoms with Gasteiger partial charge in [0.05, 0.1) is 6.54 Å². The van der Waals surface area contributed by atoms with Crippen LogP contribution in [0, 0.1) is 6.92 Å². The van der Waals surface area contributed by atoms with Crippen LogP contribution in [0.3, 0.4) is 0 Å². The summed E-state index contributed by atoms with van der Waals surface area (Å²) in [5.41, 5.74) is 3.38. The molecule has 2 nitrogen and oxygen atoms in total. The van der Waals surface area contributed by atoms with Crippen LogP contribution in [-0.4, -0.2) is 11.5 Å². The summed E-state index contributed by atoms with van der Waals surface area (Å²) < 4.78 is 0. The summed E-state index contributed by atoms with van der Waals surface area (Å²) in [6, 6.07) is 8.17. The molecule has 0 atom stereocenters. The quantitative estimate of drug-likeness (QED) is 0.692. The standard InChI is InChI=1S/C13H17NO/c1-10-6-4-5-7-13(10)9-14-11(2)8-12(3)15/h4-7H,8-9H2,1-3H3. The maximum atomic E-state index is 10.9. The van der Waals surface area contributed by atoms with Crippen LogP contribution in [0.25, 0.3) is 0 Å². The van der Waals surface area contributed by atoms with Gasteiger partial charge in [-0.1, -0.05) is 24.3 Å². The van der Waals surface area contributed by atoms with Crippen LogP contribution < -0.4 is 0 Å². The van der Waals surface area contributed by atoms with Crippen LogP contribution >= 0.6 is 0 Å². The van der Waals surface area contributed by atoms with Crippen molar-refractivity contribution in [2.45, 2.75) is 33.7 Å². The number of rotatable bonds is 4. The highest BCUT2D eigenvalue weighted by molar-refractivity contribution is 5.99. The summed E-state index contributed by atoms with van der Waals surface area (Å²) in [6.45, 7) is 6.24. The number of benzene rings is 1. The molecule has 0 bridgehead atoms. The fraction of sp³-hybridized carbons (Fsp3) is 0.385. The van der Waals surface area contributed by atoms with E-state index in [0.29, 0.717) is 13.0 Å². The van der Waals surface area contributed by atoms with E-state index in [9.17, 15) is 4.79 Å². The zero-order valence-corrected chi connectivity index (χ0v) is 9.58. The summed E-state index contributed by atoms with van der Waals surface area (Å²) in [4.78, 5) is 15.2. The molecule has 1 aromatic rings. The van der Waals surface area contributed by atoms with E-state index in [1.54, 1.807) is 6.92 Å². The Morgan fingerprint density at radius 2 is 1.93 bits per heavy atom. The molecule has 0 saturated carbocycles. The third kappa shape index (κ3) is 4.07. The fourth-order valence-electron chi connectivity index (χ4n) is 1.42. The molecule has 2 heteroatoms. The van der Waals surface area contributed by atoms with Crippen molar-refractivity contribution in [1.82, 2.24) is 0 Å². The van der Waals surface area contributed by atoms with Gasteiger partial charge in [-0.25, -0.2) is 0 Å². The number of Topliss-reactive ketones (excluding diaryl/α,β-unsaturated/α-hetero) is 1. The maximum absolute atomic E-state index is 10.9. The number of aryl methyl sites for hydroxylation is 1. The van der Waals surface area contributed by atoms with Gasteiger partial charge in [0, 0.05) is 12.1 Å². The van der Waals surface area contributed by atoms with Gasteiger partial charge < -0.3 is 0 Å². The monoisotopic (exact) mass is 203 g/mol. The van der Waals surface area contributed by atoms with Gasteiger partial charge in [0.1, 0.15) is 5.78 Å². The largest absolute Gasteiger partial charge is 0.300 e. The molecule has 0 aliphatic carbocycles. The smallest absolute Gasteiger partial charge is 0.135 e. The lowest BCUT2D eigenvalue weighted by molar-refractivity contribution is -0.115. The van der Waals surface area contributed by atoms with Crippen LogP contribution in [0.1, 0.15) is 31.4 Å². The lowest BCUT2D eigenvalue weighted by Gasteiger charge is -2.02. The topological polar surface area (TPSA) is 29.4 Å². The molecule has 1 rings (SSSR count). The summed E-state index contributed by atoms with van der Waals surface area (Å²) in [7, 11) is 0. The average molecular weight is 203 g/mol. The van der Waals surface area contributed by atoms with E-state index in [2.05, 4.69) is 24.0 Å². The molecule has 15 heavy (non-hydrogen) atoms. The molecular weight excluding hydrogens is 186 g/mol. The zero-order chi connectivity index (χ0) is 11.3. The van der Waals surface area contributed by atoms with Gasteiger partial charge in [-0.05, 0) is 31.9 Å². The summed E-state index contributed by atoms with van der Waals surface area (Å²) in [6.07, 6.45) is 0.464. The lowest BCUT2D eigenvalue weighted by Crippen LogP contribution is -2.00. The third-order valence-corrected chi connectivity index (χ3v) is 2.29. The van der Waals surface area contributed by atoms with Crippen molar-refractivity contribution >= 4 is 11.5 Å². The van der Waals surface area contributed by atoms with Crippen molar-refractivity contribution in [3.63, 3.8) is 0 Å². The van der Waals surface area contributed by atoms with Crippen LogP contribution in [-0.2, 0) is 11.3 Å². The van der Waals surface area contributed by atoms with Gasteiger partial charge >= 0.3 is 0 Å². The van der Waals surface area contributed by atoms with Crippen molar-refractivity contribution in [3.8, 4) is 0 Å². The van der Waals surface area contributed by atoms with Crippen LogP contribution in [0.4, 0.5) is 0 Å². The third-order valence-electron chi connectivity index (χ3n) is 2.29.